The summed E-state index contributed by atoms with van der Waals surface area (Å²) >= 11 is 3.22. The molecule has 21 heavy (non-hydrogen) atoms. The Morgan fingerprint density at radius 2 is 1.86 bits per heavy atom. The van der Waals surface area contributed by atoms with E-state index in [1.807, 2.05) is 0 Å². The van der Waals surface area contributed by atoms with E-state index in [4.69, 9.17) is 0 Å². The van der Waals surface area contributed by atoms with E-state index in [0.29, 0.717) is 10.2 Å². The Morgan fingerprint density at radius 1 is 1.19 bits per heavy atom. The van der Waals surface area contributed by atoms with Crippen molar-refractivity contribution in [2.24, 2.45) is 0 Å². The van der Waals surface area contributed by atoms with Crippen molar-refractivity contribution in [2.75, 3.05) is 5.32 Å². The van der Waals surface area contributed by atoms with Crippen molar-refractivity contribution in [3.63, 3.8) is 0 Å². The van der Waals surface area contributed by atoms with Gasteiger partial charge in [0, 0.05) is 18.0 Å². The summed E-state index contributed by atoms with van der Waals surface area (Å²) in [4.78, 5) is 15.8. The summed E-state index contributed by atoms with van der Waals surface area (Å²) in [7, 11) is 0. The largest absolute Gasteiger partial charge is 0.573 e. The van der Waals surface area contributed by atoms with Crippen molar-refractivity contribution in [3.05, 3.63) is 52.8 Å². The number of anilines is 1. The Kier molecular flexibility index (Phi) is 4.46. The fourth-order valence-electron chi connectivity index (χ4n) is 1.48. The van der Waals surface area contributed by atoms with Crippen LogP contribution in [-0.4, -0.2) is 17.3 Å². The number of aromatic nitrogens is 1. The highest BCUT2D eigenvalue weighted by Crippen LogP contribution is 2.24. The van der Waals surface area contributed by atoms with Crippen LogP contribution in [-0.2, 0) is 0 Å². The van der Waals surface area contributed by atoms with Crippen molar-refractivity contribution in [3.8, 4) is 5.75 Å². The number of amides is 1. The third-order valence-electron chi connectivity index (χ3n) is 2.37. The minimum absolute atomic E-state index is 0.202. The molecule has 0 fully saturated rings. The maximum Gasteiger partial charge on any atom is 0.573 e. The van der Waals surface area contributed by atoms with Crippen LogP contribution in [0, 0.1) is 0 Å². The zero-order valence-electron chi connectivity index (χ0n) is 10.3. The first kappa shape index (κ1) is 15.3. The van der Waals surface area contributed by atoms with Gasteiger partial charge in [-0.3, -0.25) is 9.78 Å². The van der Waals surface area contributed by atoms with Gasteiger partial charge in [-0.05, 0) is 46.3 Å². The summed E-state index contributed by atoms with van der Waals surface area (Å²) in [6, 6.07) is 6.22. The number of carbonyl (C=O) groups excluding carboxylic acids is 1. The highest BCUT2D eigenvalue weighted by Gasteiger charge is 2.31. The number of pyridine rings is 1. The van der Waals surface area contributed by atoms with Crippen LogP contribution in [0.4, 0.5) is 18.9 Å². The van der Waals surface area contributed by atoms with Crippen LogP contribution in [0.25, 0.3) is 0 Å². The molecule has 0 radical (unpaired) electrons. The van der Waals surface area contributed by atoms with E-state index >= 15 is 0 Å². The van der Waals surface area contributed by atoms with Gasteiger partial charge < -0.3 is 10.1 Å². The molecule has 1 aromatic heterocycles. The number of benzene rings is 1. The highest BCUT2D eigenvalue weighted by atomic mass is 79.9. The molecule has 1 aromatic carbocycles. The lowest BCUT2D eigenvalue weighted by Crippen LogP contribution is -2.17. The van der Waals surface area contributed by atoms with Gasteiger partial charge in [0.1, 0.15) is 5.75 Å². The molecular formula is C13H8BrF3N2O2. The van der Waals surface area contributed by atoms with E-state index < -0.39 is 12.3 Å². The number of alkyl halides is 3. The van der Waals surface area contributed by atoms with Crippen LogP contribution in [0.15, 0.2) is 47.2 Å². The molecule has 0 saturated carbocycles. The Balaban J connectivity index is 2.08. The summed E-state index contributed by atoms with van der Waals surface area (Å²) in [5.41, 5.74) is 0.707. The lowest BCUT2D eigenvalue weighted by Gasteiger charge is -2.10. The van der Waals surface area contributed by atoms with Crippen LogP contribution in [0.2, 0.25) is 0 Å². The first-order valence-corrected chi connectivity index (χ1v) is 6.41. The summed E-state index contributed by atoms with van der Waals surface area (Å²) in [5.74, 6) is -0.843. The van der Waals surface area contributed by atoms with Gasteiger partial charge >= 0.3 is 6.36 Å². The molecule has 4 nitrogen and oxygen atoms in total. The van der Waals surface area contributed by atoms with Crippen LogP contribution in [0.1, 0.15) is 10.4 Å². The Bertz CT molecular complexity index is 645. The Hall–Kier alpha value is -2.09. The van der Waals surface area contributed by atoms with Gasteiger partial charge in [0.25, 0.3) is 5.91 Å². The normalized spacial score (nSPS) is 11.0. The van der Waals surface area contributed by atoms with Gasteiger partial charge in [-0.2, -0.15) is 0 Å². The van der Waals surface area contributed by atoms with E-state index in [2.05, 4.69) is 31.0 Å². The second kappa shape index (κ2) is 6.13. The molecule has 1 N–H and O–H groups in total. The van der Waals surface area contributed by atoms with Gasteiger partial charge in [0.15, 0.2) is 0 Å². The molecule has 2 aromatic rings. The number of ether oxygens (including phenoxy) is 1. The van der Waals surface area contributed by atoms with E-state index in [-0.39, 0.29) is 11.3 Å². The van der Waals surface area contributed by atoms with Gasteiger partial charge in [-0.1, -0.05) is 0 Å². The van der Waals surface area contributed by atoms with Gasteiger partial charge in [0.05, 0.1) is 10.2 Å². The standard InChI is InChI=1S/C13H8BrF3N2O2/c14-10-7-18-6-5-11(10)19-12(20)8-1-3-9(4-2-8)21-13(15,16)17/h1-7H,(H,18,19,20). The monoisotopic (exact) mass is 360 g/mol. The first-order valence-electron chi connectivity index (χ1n) is 5.62. The zero-order chi connectivity index (χ0) is 15.5. The van der Waals surface area contributed by atoms with E-state index in [0.717, 1.165) is 12.1 Å². The number of rotatable bonds is 3. The second-order valence-electron chi connectivity index (χ2n) is 3.88. The first-order chi connectivity index (χ1) is 9.85. The molecule has 0 spiro atoms. The number of nitrogens with one attached hydrogen (secondary N) is 1. The fourth-order valence-corrected chi connectivity index (χ4v) is 1.83. The average Bonchev–Trinajstić information content (AvgIpc) is 2.40. The van der Waals surface area contributed by atoms with E-state index in [1.54, 1.807) is 6.07 Å². The maximum atomic E-state index is 12.0. The zero-order valence-corrected chi connectivity index (χ0v) is 11.9. The molecule has 8 heteroatoms. The van der Waals surface area contributed by atoms with Crippen molar-refractivity contribution in [1.82, 2.24) is 4.98 Å². The second-order valence-corrected chi connectivity index (χ2v) is 4.74. The smallest absolute Gasteiger partial charge is 0.406 e. The average molecular weight is 361 g/mol. The molecule has 0 aliphatic carbocycles. The van der Waals surface area contributed by atoms with Crippen LogP contribution in [0.5, 0.6) is 5.75 Å². The summed E-state index contributed by atoms with van der Waals surface area (Å²) in [5, 5.41) is 2.61. The van der Waals surface area contributed by atoms with Crippen molar-refractivity contribution in [1.29, 1.82) is 0 Å². The summed E-state index contributed by atoms with van der Waals surface area (Å²) < 4.78 is 40.4. The topological polar surface area (TPSA) is 51.2 Å². The number of hydrogen-bond donors (Lipinski definition) is 1. The van der Waals surface area contributed by atoms with Crippen molar-refractivity contribution < 1.29 is 22.7 Å². The summed E-state index contributed by atoms with van der Waals surface area (Å²) in [6.07, 6.45) is -1.75. The van der Waals surface area contributed by atoms with Crippen LogP contribution < -0.4 is 10.1 Å². The van der Waals surface area contributed by atoms with E-state index in [1.165, 1.54) is 24.5 Å². The third kappa shape index (κ3) is 4.45. The minimum Gasteiger partial charge on any atom is -0.406 e. The SMILES string of the molecule is O=C(Nc1ccncc1Br)c1ccc(OC(F)(F)F)cc1. The van der Waals surface area contributed by atoms with Gasteiger partial charge in [-0.25, -0.2) is 0 Å². The van der Waals surface area contributed by atoms with Crippen LogP contribution in [0.3, 0.4) is 0 Å². The Labute approximate surface area is 126 Å². The quantitative estimate of drug-likeness (QED) is 0.899. The lowest BCUT2D eigenvalue weighted by atomic mass is 10.2. The Morgan fingerprint density at radius 3 is 2.43 bits per heavy atom. The lowest BCUT2D eigenvalue weighted by molar-refractivity contribution is -0.274. The molecule has 0 atom stereocenters. The predicted octanol–water partition coefficient (Wildman–Crippen LogP) is 4.00. The maximum absolute atomic E-state index is 12.0. The number of hydrogen-bond acceptors (Lipinski definition) is 3. The molecule has 0 unspecified atom stereocenters. The fraction of sp³-hybridized carbons (Fsp3) is 0.0769. The minimum atomic E-state index is -4.76. The molecule has 2 rings (SSSR count). The molecule has 0 aliphatic rings. The van der Waals surface area contributed by atoms with Crippen LogP contribution >= 0.6 is 15.9 Å². The molecular weight excluding hydrogens is 353 g/mol. The molecule has 1 heterocycles. The van der Waals surface area contributed by atoms with E-state index in [9.17, 15) is 18.0 Å². The third-order valence-corrected chi connectivity index (χ3v) is 3.00. The molecule has 0 aliphatic heterocycles. The highest BCUT2D eigenvalue weighted by molar-refractivity contribution is 9.10. The van der Waals surface area contributed by atoms with Crippen molar-refractivity contribution >= 4 is 27.5 Å². The molecule has 0 bridgehead atoms. The number of carbonyl (C=O) groups is 1. The molecule has 110 valence electrons. The number of nitrogens with zero attached hydrogens (tertiary/aromatic N) is 1. The molecule has 1 amide bonds. The van der Waals surface area contributed by atoms with Crippen molar-refractivity contribution in [2.45, 2.75) is 6.36 Å². The van der Waals surface area contributed by atoms with Gasteiger partial charge in [-0.15, -0.1) is 13.2 Å². The molecule has 0 saturated heterocycles. The predicted molar refractivity (Wildman–Crippen MR) is 73.0 cm³/mol. The summed E-state index contributed by atoms with van der Waals surface area (Å²) in [6.45, 7) is 0. The number of halogens is 4. The van der Waals surface area contributed by atoms with Gasteiger partial charge in [0.2, 0.25) is 0 Å².